The van der Waals surface area contributed by atoms with E-state index in [9.17, 15) is 4.79 Å². The van der Waals surface area contributed by atoms with E-state index >= 15 is 0 Å². The molecule has 0 radical (unpaired) electrons. The first kappa shape index (κ1) is 24.4. The van der Waals surface area contributed by atoms with Gasteiger partial charge in [0.25, 0.3) is 5.91 Å². The summed E-state index contributed by atoms with van der Waals surface area (Å²) in [6.07, 6.45) is 1.58. The minimum atomic E-state index is -0.734. The maximum atomic E-state index is 13.0. The molecular formula is C28H23N5O2S2. The zero-order chi connectivity index (χ0) is 25.5. The molecule has 0 atom stereocenters. The molecule has 5 rings (SSSR count). The van der Waals surface area contributed by atoms with Crippen LogP contribution in [0.25, 0.3) is 0 Å². The van der Waals surface area contributed by atoms with Crippen LogP contribution < -0.4 is 10.6 Å². The van der Waals surface area contributed by atoms with Crippen molar-refractivity contribution < 1.29 is 9.63 Å². The second kappa shape index (κ2) is 11.2. The van der Waals surface area contributed by atoms with Crippen molar-refractivity contribution in [1.82, 2.24) is 9.97 Å². The Bertz CT molecular complexity index is 1370. The second-order valence-electron chi connectivity index (χ2n) is 7.95. The normalized spacial score (nSPS) is 11.6. The van der Waals surface area contributed by atoms with Crippen LogP contribution in [0.1, 0.15) is 22.4 Å². The van der Waals surface area contributed by atoms with Gasteiger partial charge in [-0.15, -0.1) is 22.7 Å². The van der Waals surface area contributed by atoms with E-state index in [1.165, 1.54) is 29.8 Å². The van der Waals surface area contributed by atoms with Gasteiger partial charge in [0.15, 0.2) is 10.8 Å². The largest absolute Gasteiger partial charge is 0.398 e. The van der Waals surface area contributed by atoms with Gasteiger partial charge in [-0.25, -0.2) is 4.98 Å². The van der Waals surface area contributed by atoms with E-state index in [1.807, 2.05) is 54.6 Å². The molecular weight excluding hydrogens is 502 g/mol. The highest BCUT2D eigenvalue weighted by Gasteiger charge is 2.37. The van der Waals surface area contributed by atoms with E-state index < -0.39 is 11.4 Å². The molecule has 37 heavy (non-hydrogen) atoms. The fourth-order valence-corrected chi connectivity index (χ4v) is 5.38. The third kappa shape index (κ3) is 5.13. The van der Waals surface area contributed by atoms with E-state index in [0.29, 0.717) is 15.8 Å². The molecule has 0 saturated carbocycles. The molecule has 184 valence electrons. The summed E-state index contributed by atoms with van der Waals surface area (Å²) >= 11 is 2.71. The van der Waals surface area contributed by atoms with Gasteiger partial charge < -0.3 is 15.5 Å². The zero-order valence-corrected chi connectivity index (χ0v) is 21.5. The molecule has 5 aromatic rings. The summed E-state index contributed by atoms with van der Waals surface area (Å²) in [6.45, 7) is 0. The molecule has 3 aromatic carbocycles. The number of nitrogens with zero attached hydrogens (tertiary/aromatic N) is 3. The van der Waals surface area contributed by atoms with Gasteiger partial charge >= 0.3 is 0 Å². The van der Waals surface area contributed by atoms with Gasteiger partial charge in [-0.05, 0) is 16.7 Å². The first-order valence-corrected chi connectivity index (χ1v) is 13.2. The molecule has 7 nitrogen and oxygen atoms in total. The third-order valence-electron chi connectivity index (χ3n) is 5.73. The van der Waals surface area contributed by atoms with Crippen molar-refractivity contribution in [3.8, 4) is 0 Å². The third-order valence-corrected chi connectivity index (χ3v) is 7.17. The molecule has 0 aliphatic carbocycles. The summed E-state index contributed by atoms with van der Waals surface area (Å²) in [5.74, 6) is -0.427. The predicted octanol–water partition coefficient (Wildman–Crippen LogP) is 5.99. The van der Waals surface area contributed by atoms with Crippen LogP contribution in [-0.2, 0) is 15.2 Å². The molecule has 0 spiro atoms. The number of rotatable bonds is 9. The van der Waals surface area contributed by atoms with Crippen molar-refractivity contribution >= 4 is 44.4 Å². The van der Waals surface area contributed by atoms with Crippen molar-refractivity contribution in [3.05, 3.63) is 130 Å². The van der Waals surface area contributed by atoms with Gasteiger partial charge in [-0.3, -0.25) is 9.78 Å². The summed E-state index contributed by atoms with van der Waals surface area (Å²) in [6, 6.07) is 30.8. The quantitative estimate of drug-likeness (QED) is 0.140. The first-order chi connectivity index (χ1) is 18.2. The summed E-state index contributed by atoms with van der Waals surface area (Å²) in [7, 11) is 1.40. The van der Waals surface area contributed by atoms with Crippen molar-refractivity contribution in [1.29, 1.82) is 0 Å². The van der Waals surface area contributed by atoms with Crippen molar-refractivity contribution in [2.75, 3.05) is 17.7 Å². The van der Waals surface area contributed by atoms with Crippen LogP contribution in [0.15, 0.2) is 113 Å². The van der Waals surface area contributed by atoms with Crippen LogP contribution in [0.5, 0.6) is 0 Å². The number of hydrogen-bond donors (Lipinski definition) is 2. The molecule has 0 aliphatic heterocycles. The van der Waals surface area contributed by atoms with Crippen molar-refractivity contribution in [3.63, 3.8) is 0 Å². The summed E-state index contributed by atoms with van der Waals surface area (Å²) in [5.41, 5.74) is 4.55. The van der Waals surface area contributed by atoms with Gasteiger partial charge in [-0.2, -0.15) is 0 Å². The topological polar surface area (TPSA) is 88.5 Å². The Morgan fingerprint density at radius 3 is 1.92 bits per heavy atom. The van der Waals surface area contributed by atoms with Gasteiger partial charge in [-0.1, -0.05) is 96.2 Å². The Kier molecular flexibility index (Phi) is 7.34. The number of benzene rings is 3. The van der Waals surface area contributed by atoms with Crippen LogP contribution >= 0.6 is 22.7 Å². The van der Waals surface area contributed by atoms with E-state index in [-0.39, 0.29) is 5.71 Å². The van der Waals surface area contributed by atoms with Crippen molar-refractivity contribution in [2.24, 2.45) is 5.16 Å². The minimum absolute atomic E-state index is 0.0740. The van der Waals surface area contributed by atoms with Gasteiger partial charge in [0.1, 0.15) is 23.3 Å². The molecule has 0 aliphatic rings. The Morgan fingerprint density at radius 2 is 1.43 bits per heavy atom. The Morgan fingerprint density at radius 1 is 0.865 bits per heavy atom. The standard InChI is InChI=1S/C28H23N5O2S2/c1-35-33-25(26(34)31-24-17-29-19-37-24)23-18-36-27(30-23)32-28(20-11-5-2-6-12-20,21-13-7-3-8-14-21)22-15-9-4-10-16-22/h2-19H,1H3,(H,30,32)(H,31,34). The molecule has 2 heterocycles. The molecule has 0 unspecified atom stereocenters. The average molecular weight is 526 g/mol. The second-order valence-corrected chi connectivity index (χ2v) is 9.70. The van der Waals surface area contributed by atoms with Crippen molar-refractivity contribution in [2.45, 2.75) is 5.54 Å². The lowest BCUT2D eigenvalue weighted by atomic mass is 9.77. The van der Waals surface area contributed by atoms with Gasteiger partial charge in [0, 0.05) is 5.38 Å². The monoisotopic (exact) mass is 525 g/mol. The van der Waals surface area contributed by atoms with Crippen LogP contribution in [0.4, 0.5) is 10.1 Å². The van der Waals surface area contributed by atoms with Gasteiger partial charge in [0.05, 0.1) is 11.7 Å². The Balaban J connectivity index is 1.58. The van der Waals surface area contributed by atoms with Crippen LogP contribution in [0.2, 0.25) is 0 Å². The number of anilines is 2. The highest BCUT2D eigenvalue weighted by Crippen LogP contribution is 2.40. The van der Waals surface area contributed by atoms with E-state index in [4.69, 9.17) is 9.82 Å². The number of aromatic nitrogens is 2. The summed E-state index contributed by atoms with van der Waals surface area (Å²) in [5, 5.41) is 13.5. The molecule has 0 saturated heterocycles. The molecule has 1 amide bonds. The van der Waals surface area contributed by atoms with E-state index in [2.05, 4.69) is 57.2 Å². The van der Waals surface area contributed by atoms with E-state index in [0.717, 1.165) is 16.7 Å². The first-order valence-electron chi connectivity index (χ1n) is 11.4. The molecule has 0 bridgehead atoms. The number of nitrogens with one attached hydrogen (secondary N) is 2. The molecule has 0 fully saturated rings. The van der Waals surface area contributed by atoms with Gasteiger partial charge in [0.2, 0.25) is 0 Å². The SMILES string of the molecule is CON=C(C(=O)Nc1cncs1)c1csc(NC(c2ccccc2)(c2ccccc2)c2ccccc2)n1. The maximum absolute atomic E-state index is 13.0. The maximum Gasteiger partial charge on any atom is 0.280 e. The fraction of sp³-hybridized carbons (Fsp3) is 0.0714. The highest BCUT2D eigenvalue weighted by molar-refractivity contribution is 7.14. The lowest BCUT2D eigenvalue weighted by Gasteiger charge is -2.36. The lowest BCUT2D eigenvalue weighted by molar-refractivity contribution is -0.110. The molecule has 2 N–H and O–H groups in total. The number of thiazole rings is 2. The fourth-order valence-electron chi connectivity index (χ4n) is 4.13. The number of hydrogen-bond acceptors (Lipinski definition) is 8. The number of carbonyl (C=O) groups is 1. The van der Waals surface area contributed by atoms with E-state index in [1.54, 1.807) is 17.1 Å². The number of carbonyl (C=O) groups excluding carboxylic acids is 1. The number of amides is 1. The minimum Gasteiger partial charge on any atom is -0.398 e. The Hall–Kier alpha value is -4.34. The highest BCUT2D eigenvalue weighted by atomic mass is 32.1. The average Bonchev–Trinajstić information content (AvgIpc) is 3.64. The van der Waals surface area contributed by atoms with Crippen LogP contribution in [0.3, 0.4) is 0 Å². The molecule has 9 heteroatoms. The number of oxime groups is 1. The van der Waals surface area contributed by atoms with Crippen LogP contribution in [-0.4, -0.2) is 28.7 Å². The summed E-state index contributed by atoms with van der Waals surface area (Å²) < 4.78 is 0. The lowest BCUT2D eigenvalue weighted by Crippen LogP contribution is -2.38. The Labute approximate surface area is 222 Å². The van der Waals surface area contributed by atoms with Crippen LogP contribution in [0, 0.1) is 0 Å². The zero-order valence-electron chi connectivity index (χ0n) is 19.9. The summed E-state index contributed by atoms with van der Waals surface area (Å²) in [4.78, 5) is 26.7. The smallest absolute Gasteiger partial charge is 0.280 e. The molecule has 2 aromatic heterocycles. The predicted molar refractivity (Wildman–Crippen MR) is 149 cm³/mol.